The van der Waals surface area contributed by atoms with E-state index < -0.39 is 0 Å². The molecule has 0 aromatic carbocycles. The van der Waals surface area contributed by atoms with Crippen molar-refractivity contribution in [1.29, 1.82) is 0 Å². The highest BCUT2D eigenvalue weighted by Crippen LogP contribution is 2.19. The molecule has 0 aromatic heterocycles. The number of nitrogens with one attached hydrogen (secondary N) is 1. The van der Waals surface area contributed by atoms with E-state index in [9.17, 15) is 0 Å². The van der Waals surface area contributed by atoms with E-state index in [2.05, 4.69) is 33.0 Å². The van der Waals surface area contributed by atoms with Crippen LogP contribution in [0.15, 0.2) is 0 Å². The summed E-state index contributed by atoms with van der Waals surface area (Å²) in [5, 5.41) is 3.49. The highest BCUT2D eigenvalue weighted by Gasteiger charge is 2.20. The molecule has 0 unspecified atom stereocenters. The monoisotopic (exact) mass is 216 g/mol. The van der Waals surface area contributed by atoms with Gasteiger partial charge in [0.05, 0.1) is 0 Å². The molecule has 0 aliphatic carbocycles. The van der Waals surface area contributed by atoms with E-state index in [4.69, 9.17) is 10.5 Å². The molecule has 0 amide bonds. The van der Waals surface area contributed by atoms with Gasteiger partial charge >= 0.3 is 0 Å². The third-order valence-corrected chi connectivity index (χ3v) is 2.74. The average molecular weight is 216 g/mol. The van der Waals surface area contributed by atoms with Gasteiger partial charge < -0.3 is 15.8 Å². The first-order valence-corrected chi connectivity index (χ1v) is 5.73. The smallest absolute Gasteiger partial charge is 0.0467 e. The maximum atomic E-state index is 5.68. The lowest BCUT2D eigenvalue weighted by Crippen LogP contribution is -2.39. The van der Waals surface area contributed by atoms with Gasteiger partial charge in [0.1, 0.15) is 0 Å². The topological polar surface area (TPSA) is 47.3 Å². The fourth-order valence-corrected chi connectivity index (χ4v) is 1.28. The summed E-state index contributed by atoms with van der Waals surface area (Å²) in [5.74, 6) is 0. The van der Waals surface area contributed by atoms with Crippen LogP contribution in [0.2, 0.25) is 0 Å². The summed E-state index contributed by atoms with van der Waals surface area (Å²) in [4.78, 5) is 0. The summed E-state index contributed by atoms with van der Waals surface area (Å²) in [6.07, 6.45) is 1.08. The quantitative estimate of drug-likeness (QED) is 0.648. The Bertz CT molecular complexity index is 167. The number of hydrogen-bond acceptors (Lipinski definition) is 3. The molecule has 0 saturated heterocycles. The van der Waals surface area contributed by atoms with Crippen molar-refractivity contribution in [3.8, 4) is 0 Å². The molecule has 0 atom stereocenters. The zero-order valence-electron chi connectivity index (χ0n) is 11.0. The number of methoxy groups -OCH3 is 1. The Morgan fingerprint density at radius 3 is 2.07 bits per heavy atom. The fraction of sp³-hybridized carbons (Fsp3) is 1.00. The molecule has 0 bridgehead atoms. The first-order valence-electron chi connectivity index (χ1n) is 5.73. The Hall–Kier alpha value is -0.120. The molecular formula is C12H28N2O. The van der Waals surface area contributed by atoms with Crippen molar-refractivity contribution in [2.24, 2.45) is 16.6 Å². The Balaban J connectivity index is 3.74. The van der Waals surface area contributed by atoms with Gasteiger partial charge in [-0.15, -0.1) is 0 Å². The van der Waals surface area contributed by atoms with Gasteiger partial charge in [-0.1, -0.05) is 27.7 Å². The van der Waals surface area contributed by atoms with Crippen LogP contribution in [0, 0.1) is 10.8 Å². The number of nitrogens with two attached hydrogens (primary N) is 1. The highest BCUT2D eigenvalue weighted by molar-refractivity contribution is 4.76. The molecule has 92 valence electrons. The molecule has 3 heteroatoms. The van der Waals surface area contributed by atoms with Gasteiger partial charge in [-0.25, -0.2) is 0 Å². The minimum Gasteiger partial charge on any atom is -0.385 e. The van der Waals surface area contributed by atoms with E-state index >= 15 is 0 Å². The molecule has 0 aliphatic rings. The number of ether oxygens (including phenoxy) is 1. The van der Waals surface area contributed by atoms with Gasteiger partial charge in [-0.05, 0) is 23.8 Å². The van der Waals surface area contributed by atoms with Crippen molar-refractivity contribution >= 4 is 0 Å². The number of hydrogen-bond donors (Lipinski definition) is 2. The minimum atomic E-state index is 0.192. The molecule has 0 spiro atoms. The van der Waals surface area contributed by atoms with Crippen LogP contribution in [0.25, 0.3) is 0 Å². The van der Waals surface area contributed by atoms with Crippen LogP contribution < -0.4 is 11.1 Å². The van der Waals surface area contributed by atoms with E-state index in [-0.39, 0.29) is 5.41 Å². The lowest BCUT2D eigenvalue weighted by Gasteiger charge is -2.28. The molecule has 0 rings (SSSR count). The summed E-state index contributed by atoms with van der Waals surface area (Å²) in [5.41, 5.74) is 6.16. The second kappa shape index (κ2) is 6.46. The maximum absolute atomic E-state index is 5.68. The van der Waals surface area contributed by atoms with Crippen LogP contribution in [-0.2, 0) is 4.74 Å². The van der Waals surface area contributed by atoms with E-state index in [1.165, 1.54) is 0 Å². The average Bonchev–Trinajstić information content (AvgIpc) is 2.14. The van der Waals surface area contributed by atoms with Crippen LogP contribution in [0.4, 0.5) is 0 Å². The van der Waals surface area contributed by atoms with Crippen molar-refractivity contribution in [1.82, 2.24) is 5.32 Å². The summed E-state index contributed by atoms with van der Waals surface area (Å²) in [7, 11) is 1.75. The predicted octanol–water partition coefficient (Wildman–Crippen LogP) is 1.62. The molecule has 0 radical (unpaired) electrons. The molecule has 15 heavy (non-hydrogen) atoms. The van der Waals surface area contributed by atoms with E-state index in [0.29, 0.717) is 5.41 Å². The normalized spacial score (nSPS) is 13.2. The van der Waals surface area contributed by atoms with Crippen molar-refractivity contribution < 1.29 is 4.74 Å². The third kappa shape index (κ3) is 7.77. The van der Waals surface area contributed by atoms with Crippen molar-refractivity contribution in [2.75, 3.05) is 33.4 Å². The van der Waals surface area contributed by atoms with Gasteiger partial charge in [-0.2, -0.15) is 0 Å². The van der Waals surface area contributed by atoms with Crippen molar-refractivity contribution in [2.45, 2.75) is 34.1 Å². The van der Waals surface area contributed by atoms with Crippen LogP contribution in [-0.4, -0.2) is 33.4 Å². The molecular weight excluding hydrogens is 188 g/mol. The van der Waals surface area contributed by atoms with Crippen molar-refractivity contribution in [3.05, 3.63) is 0 Å². The van der Waals surface area contributed by atoms with E-state index in [1.54, 1.807) is 7.11 Å². The Labute approximate surface area is 94.8 Å². The number of rotatable bonds is 8. The van der Waals surface area contributed by atoms with Gasteiger partial charge in [-0.3, -0.25) is 0 Å². The lowest BCUT2D eigenvalue weighted by atomic mass is 9.88. The standard InChI is InChI=1S/C12H28N2O/c1-11(2,6-7-15-5)9-14-10-12(3,4)8-13/h14H,6-10,13H2,1-5H3. The summed E-state index contributed by atoms with van der Waals surface area (Å²) in [6, 6.07) is 0. The second-order valence-corrected chi connectivity index (χ2v) is 5.88. The van der Waals surface area contributed by atoms with E-state index in [0.717, 1.165) is 32.7 Å². The van der Waals surface area contributed by atoms with Gasteiger partial charge in [0.25, 0.3) is 0 Å². The zero-order valence-corrected chi connectivity index (χ0v) is 11.0. The highest BCUT2D eigenvalue weighted by atomic mass is 16.5. The minimum absolute atomic E-state index is 0.192. The third-order valence-electron chi connectivity index (χ3n) is 2.74. The Morgan fingerprint density at radius 1 is 1.07 bits per heavy atom. The van der Waals surface area contributed by atoms with Crippen LogP contribution in [0.3, 0.4) is 0 Å². The molecule has 0 saturated carbocycles. The SMILES string of the molecule is COCCC(C)(C)CNCC(C)(C)CN. The van der Waals surface area contributed by atoms with Crippen molar-refractivity contribution in [3.63, 3.8) is 0 Å². The lowest BCUT2D eigenvalue weighted by molar-refractivity contribution is 0.149. The second-order valence-electron chi connectivity index (χ2n) is 5.88. The molecule has 3 nitrogen and oxygen atoms in total. The van der Waals surface area contributed by atoms with Crippen LogP contribution >= 0.6 is 0 Å². The summed E-state index contributed by atoms with van der Waals surface area (Å²) in [6.45, 7) is 12.4. The molecule has 0 heterocycles. The largest absolute Gasteiger partial charge is 0.385 e. The van der Waals surface area contributed by atoms with Gasteiger partial charge in [0.15, 0.2) is 0 Å². The summed E-state index contributed by atoms with van der Waals surface area (Å²) >= 11 is 0. The Kier molecular flexibility index (Phi) is 6.41. The Morgan fingerprint density at radius 2 is 1.60 bits per heavy atom. The zero-order chi connectivity index (χ0) is 11.9. The predicted molar refractivity (Wildman–Crippen MR) is 66.0 cm³/mol. The molecule has 0 fully saturated rings. The molecule has 3 N–H and O–H groups in total. The fourth-order valence-electron chi connectivity index (χ4n) is 1.28. The molecule has 0 aliphatic heterocycles. The van der Waals surface area contributed by atoms with Gasteiger partial charge in [0, 0.05) is 26.8 Å². The first-order chi connectivity index (χ1) is 6.83. The van der Waals surface area contributed by atoms with Gasteiger partial charge in [0.2, 0.25) is 0 Å². The first kappa shape index (κ1) is 14.9. The maximum Gasteiger partial charge on any atom is 0.0467 e. The van der Waals surface area contributed by atoms with Crippen LogP contribution in [0.1, 0.15) is 34.1 Å². The molecule has 0 aromatic rings. The van der Waals surface area contributed by atoms with E-state index in [1.807, 2.05) is 0 Å². The summed E-state index contributed by atoms with van der Waals surface area (Å²) < 4.78 is 5.10. The van der Waals surface area contributed by atoms with Crippen LogP contribution in [0.5, 0.6) is 0 Å².